The molecule has 0 saturated heterocycles. The lowest BCUT2D eigenvalue weighted by Crippen LogP contribution is -2.97. The van der Waals surface area contributed by atoms with Crippen molar-refractivity contribution in [1.82, 2.24) is 0 Å². The van der Waals surface area contributed by atoms with Crippen LogP contribution in [-0.4, -0.2) is 5.54 Å². The van der Waals surface area contributed by atoms with Crippen LogP contribution in [0.3, 0.4) is 0 Å². The van der Waals surface area contributed by atoms with Crippen molar-refractivity contribution < 1.29 is 5.32 Å². The Kier molecular flexibility index (Phi) is 4.31. The van der Waals surface area contributed by atoms with E-state index in [1.165, 1.54) is 43.3 Å². The molecule has 0 spiro atoms. The van der Waals surface area contributed by atoms with Crippen LogP contribution in [0.4, 0.5) is 0 Å². The minimum absolute atomic E-state index is 0.372. The molecule has 0 heterocycles. The van der Waals surface area contributed by atoms with Gasteiger partial charge in [-0.25, -0.2) is 0 Å². The Bertz CT molecular complexity index is 472. The van der Waals surface area contributed by atoms with E-state index in [1.807, 2.05) is 0 Å². The molecule has 0 unspecified atom stereocenters. The highest BCUT2D eigenvalue weighted by atomic mass is 15.0. The zero-order chi connectivity index (χ0) is 16.1. The van der Waals surface area contributed by atoms with Gasteiger partial charge in [-0.05, 0) is 63.2 Å². The molecule has 3 fully saturated rings. The summed E-state index contributed by atoms with van der Waals surface area (Å²) in [5.74, 6) is 4.72. The van der Waals surface area contributed by atoms with Gasteiger partial charge in [-0.2, -0.15) is 7.05 Å². The van der Waals surface area contributed by atoms with Crippen LogP contribution in [0.15, 0.2) is 23.8 Å². The highest BCUT2D eigenvalue weighted by molar-refractivity contribution is 5.22. The molecule has 0 radical (unpaired) electrons. The van der Waals surface area contributed by atoms with E-state index in [-0.39, 0.29) is 0 Å². The molecule has 1 heteroatoms. The molecule has 0 amide bonds. The van der Waals surface area contributed by atoms with E-state index >= 15 is 0 Å². The van der Waals surface area contributed by atoms with E-state index in [0.29, 0.717) is 17.4 Å². The first-order valence-electron chi connectivity index (χ1n) is 9.37. The summed E-state index contributed by atoms with van der Waals surface area (Å²) in [6.45, 7) is 14.0. The van der Waals surface area contributed by atoms with Gasteiger partial charge in [-0.1, -0.05) is 37.6 Å². The molecule has 0 aromatic rings. The second kappa shape index (κ2) is 5.82. The first-order chi connectivity index (χ1) is 10.4. The second-order valence-corrected chi connectivity index (χ2v) is 8.79. The van der Waals surface area contributed by atoms with E-state index < -0.39 is 0 Å². The Balaban J connectivity index is 2.06. The van der Waals surface area contributed by atoms with Crippen LogP contribution in [0.1, 0.15) is 59.8 Å². The first-order valence-corrected chi connectivity index (χ1v) is 9.37. The first kappa shape index (κ1) is 16.3. The summed E-state index contributed by atoms with van der Waals surface area (Å²) < 4.78 is 0. The Labute approximate surface area is 137 Å². The summed E-state index contributed by atoms with van der Waals surface area (Å²) in [4.78, 5) is 0. The monoisotopic (exact) mass is 301 g/mol. The minimum atomic E-state index is 0.372. The molecule has 7 atom stereocenters. The third kappa shape index (κ3) is 2.31. The van der Waals surface area contributed by atoms with Crippen LogP contribution in [0, 0.1) is 42.6 Å². The molecule has 3 rings (SSSR count). The van der Waals surface area contributed by atoms with Crippen molar-refractivity contribution in [2.45, 2.75) is 65.3 Å². The Hall–Kier alpha value is -0.560. The summed E-state index contributed by atoms with van der Waals surface area (Å²) >= 11 is 0. The molecule has 0 aromatic carbocycles. The topological polar surface area (TPSA) is 16.6 Å². The summed E-state index contributed by atoms with van der Waals surface area (Å²) in [6, 6.07) is 0. The van der Waals surface area contributed by atoms with Crippen LogP contribution in [0.2, 0.25) is 0 Å². The molecule has 22 heavy (non-hydrogen) atoms. The van der Waals surface area contributed by atoms with Crippen molar-refractivity contribution >= 4 is 0 Å². The maximum atomic E-state index is 4.54. The largest absolute Gasteiger partial charge is 0.473 e. The van der Waals surface area contributed by atoms with Crippen LogP contribution in [0.25, 0.3) is 0 Å². The lowest BCUT2D eigenvalue weighted by atomic mass is 9.45. The smallest absolute Gasteiger partial charge is 0.0789 e. The molecule has 0 bridgehead atoms. The highest BCUT2D eigenvalue weighted by Gasteiger charge is 2.60. The van der Waals surface area contributed by atoms with Crippen LogP contribution in [-0.2, 0) is 0 Å². The number of hydrogen-bond acceptors (Lipinski definition) is 0. The van der Waals surface area contributed by atoms with Gasteiger partial charge < -0.3 is 5.32 Å². The summed E-state index contributed by atoms with van der Waals surface area (Å²) in [6.07, 6.45) is 9.24. The van der Waals surface area contributed by atoms with Crippen LogP contribution >= 0.6 is 0 Å². The van der Waals surface area contributed by atoms with E-state index in [0.717, 1.165) is 23.7 Å². The molecular weight excluding hydrogens is 266 g/mol. The van der Waals surface area contributed by atoms with Gasteiger partial charge in [0.1, 0.15) is 0 Å². The SMILES string of the molecule is C=C1CC[C@@]2([NH2+][CH2-])[C@H]3[C@H](CC[C@@H]2C)[C@@H](C)C[C@@H](C=C(C)C)[C@H]13. The zero-order valence-corrected chi connectivity index (χ0v) is 15.1. The van der Waals surface area contributed by atoms with Gasteiger partial charge in [-0.15, -0.1) is 0 Å². The van der Waals surface area contributed by atoms with Crippen molar-refractivity contribution in [3.05, 3.63) is 30.8 Å². The van der Waals surface area contributed by atoms with Crippen LogP contribution in [0.5, 0.6) is 0 Å². The molecule has 2 N–H and O–H groups in total. The third-order valence-electron chi connectivity index (χ3n) is 7.43. The quantitative estimate of drug-likeness (QED) is 0.577. The molecule has 0 aliphatic heterocycles. The predicted molar refractivity (Wildman–Crippen MR) is 94.0 cm³/mol. The number of hydrogen-bond donors (Lipinski definition) is 1. The standard InChI is InChI=1S/C21H35N/c1-13(2)11-17-12-15(4)18-8-7-16(5)21(22-6)10-9-14(3)19(17)20(18)21/h11,15-20H,3,6-10,12,22H2,1-2,4-5H3/t15-,16-,17+,18+,19-,20-,21-/m0/s1. The van der Waals surface area contributed by atoms with Gasteiger partial charge in [0.05, 0.1) is 5.54 Å². The van der Waals surface area contributed by atoms with Gasteiger partial charge in [0.2, 0.25) is 0 Å². The fourth-order valence-corrected chi connectivity index (χ4v) is 6.43. The highest BCUT2D eigenvalue weighted by Crippen LogP contribution is 2.59. The van der Waals surface area contributed by atoms with Gasteiger partial charge in [-0.3, -0.25) is 0 Å². The van der Waals surface area contributed by atoms with Gasteiger partial charge in [0, 0.05) is 18.3 Å². The van der Waals surface area contributed by atoms with Gasteiger partial charge in [0.15, 0.2) is 0 Å². The summed E-state index contributed by atoms with van der Waals surface area (Å²) in [5, 5.41) is 2.37. The fraction of sp³-hybridized carbons (Fsp3) is 0.762. The second-order valence-electron chi connectivity index (χ2n) is 8.79. The average molecular weight is 302 g/mol. The van der Waals surface area contributed by atoms with E-state index in [2.05, 4.69) is 52.7 Å². The number of allylic oxidation sites excluding steroid dienone is 3. The molecule has 1 nitrogen and oxygen atoms in total. The lowest BCUT2D eigenvalue weighted by Gasteiger charge is -2.62. The molecule has 124 valence electrons. The van der Waals surface area contributed by atoms with Crippen LogP contribution < -0.4 is 5.32 Å². The maximum Gasteiger partial charge on any atom is 0.0789 e. The van der Waals surface area contributed by atoms with Gasteiger partial charge in [0.25, 0.3) is 0 Å². The Morgan fingerprint density at radius 3 is 2.68 bits per heavy atom. The van der Waals surface area contributed by atoms with Crippen molar-refractivity contribution in [3.63, 3.8) is 0 Å². The zero-order valence-electron chi connectivity index (χ0n) is 15.1. The molecule has 0 aromatic heterocycles. The third-order valence-corrected chi connectivity index (χ3v) is 7.43. The molecular formula is C21H35N. The predicted octanol–water partition coefficient (Wildman–Crippen LogP) is 4.33. The van der Waals surface area contributed by atoms with E-state index in [4.69, 9.17) is 0 Å². The molecule has 3 saturated carbocycles. The van der Waals surface area contributed by atoms with Crippen molar-refractivity contribution in [1.29, 1.82) is 0 Å². The lowest BCUT2D eigenvalue weighted by molar-refractivity contribution is -0.703. The Morgan fingerprint density at radius 1 is 1.32 bits per heavy atom. The Morgan fingerprint density at radius 2 is 2.05 bits per heavy atom. The minimum Gasteiger partial charge on any atom is -0.473 e. The number of nitrogens with two attached hydrogens (primary N) is 1. The molecule has 3 aliphatic rings. The normalized spacial score (nSPS) is 47.8. The molecule has 3 aliphatic carbocycles. The fourth-order valence-electron chi connectivity index (χ4n) is 6.43. The van der Waals surface area contributed by atoms with Crippen molar-refractivity contribution in [2.24, 2.45) is 35.5 Å². The summed E-state index contributed by atoms with van der Waals surface area (Å²) in [5.41, 5.74) is 3.38. The van der Waals surface area contributed by atoms with Gasteiger partial charge >= 0.3 is 0 Å². The van der Waals surface area contributed by atoms with E-state index in [9.17, 15) is 0 Å². The summed E-state index contributed by atoms with van der Waals surface area (Å²) in [7, 11) is 4.33. The number of quaternary nitrogens is 1. The van der Waals surface area contributed by atoms with E-state index in [1.54, 1.807) is 0 Å². The van der Waals surface area contributed by atoms with Crippen molar-refractivity contribution in [2.75, 3.05) is 0 Å². The average Bonchev–Trinajstić information content (AvgIpc) is 2.46. The maximum absolute atomic E-state index is 4.54. The number of rotatable bonds is 2. The van der Waals surface area contributed by atoms with Crippen molar-refractivity contribution in [3.8, 4) is 0 Å².